The van der Waals surface area contributed by atoms with Crippen molar-refractivity contribution in [3.63, 3.8) is 0 Å². The minimum atomic E-state index is -3.15. The number of aromatic amines is 1. The lowest BCUT2D eigenvalue weighted by atomic mass is 9.99. The van der Waals surface area contributed by atoms with Crippen molar-refractivity contribution in [1.29, 1.82) is 0 Å². The van der Waals surface area contributed by atoms with Gasteiger partial charge in [0.05, 0.1) is 11.4 Å². The first-order valence-electron chi connectivity index (χ1n) is 6.90. The monoisotopic (exact) mass is 312 g/mol. The van der Waals surface area contributed by atoms with Crippen molar-refractivity contribution in [3.05, 3.63) is 66.4 Å². The zero-order chi connectivity index (χ0) is 15.6. The lowest BCUT2D eigenvalue weighted by Crippen LogP contribution is -2.02. The maximum atomic E-state index is 11.7. The first kappa shape index (κ1) is 14.5. The topological polar surface area (TPSA) is 62.8 Å². The van der Waals surface area contributed by atoms with Crippen LogP contribution in [0.5, 0.6) is 0 Å². The summed E-state index contributed by atoms with van der Waals surface area (Å²) in [5.41, 5.74) is 4.14. The molecule has 0 saturated carbocycles. The minimum absolute atomic E-state index is 0.0585. The van der Waals surface area contributed by atoms with E-state index in [0.717, 1.165) is 22.4 Å². The molecule has 0 aliphatic carbocycles. The fourth-order valence-electron chi connectivity index (χ4n) is 2.47. The van der Waals surface area contributed by atoms with Gasteiger partial charge in [0.25, 0.3) is 0 Å². The molecule has 4 nitrogen and oxygen atoms in total. The van der Waals surface area contributed by atoms with Crippen molar-refractivity contribution in [1.82, 2.24) is 10.2 Å². The lowest BCUT2D eigenvalue weighted by Gasteiger charge is -2.06. The van der Waals surface area contributed by atoms with Crippen molar-refractivity contribution >= 4 is 9.84 Å². The Kier molecular flexibility index (Phi) is 3.81. The Balaban J connectivity index is 2.20. The number of H-pyrrole nitrogens is 1. The second-order valence-corrected chi connectivity index (χ2v) is 7.37. The second-order valence-electron chi connectivity index (χ2n) is 5.23. The number of benzene rings is 2. The molecule has 3 aromatic rings. The van der Waals surface area contributed by atoms with Crippen molar-refractivity contribution in [2.45, 2.75) is 5.75 Å². The van der Waals surface area contributed by atoms with Crippen molar-refractivity contribution in [3.8, 4) is 22.4 Å². The highest BCUT2D eigenvalue weighted by molar-refractivity contribution is 7.89. The SMILES string of the molecule is CS(=O)(=O)Cc1[nH]nc(-c2ccccc2)c1-c1ccccc1. The molecule has 1 N–H and O–H groups in total. The summed E-state index contributed by atoms with van der Waals surface area (Å²) >= 11 is 0. The number of sulfone groups is 1. The molecule has 0 aliphatic rings. The molecule has 0 atom stereocenters. The molecule has 2 aromatic carbocycles. The molecule has 0 bridgehead atoms. The van der Waals surface area contributed by atoms with Crippen LogP contribution in [0.15, 0.2) is 60.7 Å². The molecule has 0 fully saturated rings. The molecule has 0 aliphatic heterocycles. The number of hydrogen-bond acceptors (Lipinski definition) is 3. The summed E-state index contributed by atoms with van der Waals surface area (Å²) in [5.74, 6) is -0.0585. The van der Waals surface area contributed by atoms with Crippen molar-refractivity contribution in [2.24, 2.45) is 0 Å². The Labute approximate surface area is 129 Å². The van der Waals surface area contributed by atoms with E-state index in [4.69, 9.17) is 0 Å². The molecule has 5 heteroatoms. The highest BCUT2D eigenvalue weighted by Gasteiger charge is 2.19. The molecule has 22 heavy (non-hydrogen) atoms. The average molecular weight is 312 g/mol. The maximum Gasteiger partial charge on any atom is 0.153 e. The van der Waals surface area contributed by atoms with Gasteiger partial charge in [0.1, 0.15) is 5.69 Å². The molecule has 112 valence electrons. The molecule has 0 saturated heterocycles. The first-order chi connectivity index (χ1) is 10.5. The van der Waals surface area contributed by atoms with Gasteiger partial charge in [0.15, 0.2) is 9.84 Å². The summed E-state index contributed by atoms with van der Waals surface area (Å²) in [5, 5.41) is 7.26. The van der Waals surface area contributed by atoms with Gasteiger partial charge in [-0.3, -0.25) is 5.10 Å². The summed E-state index contributed by atoms with van der Waals surface area (Å²) in [7, 11) is -3.15. The minimum Gasteiger partial charge on any atom is -0.280 e. The zero-order valence-corrected chi connectivity index (χ0v) is 13.0. The van der Waals surface area contributed by atoms with E-state index in [0.29, 0.717) is 5.69 Å². The van der Waals surface area contributed by atoms with Crippen LogP contribution in [0.4, 0.5) is 0 Å². The average Bonchev–Trinajstić information content (AvgIpc) is 2.90. The van der Waals surface area contributed by atoms with Crippen LogP contribution in [-0.2, 0) is 15.6 Å². The molecule has 0 spiro atoms. The third kappa shape index (κ3) is 3.09. The molecule has 1 heterocycles. The largest absolute Gasteiger partial charge is 0.280 e. The van der Waals surface area contributed by atoms with E-state index >= 15 is 0 Å². The van der Waals surface area contributed by atoms with Gasteiger partial charge >= 0.3 is 0 Å². The third-order valence-corrected chi connectivity index (χ3v) is 4.17. The highest BCUT2D eigenvalue weighted by atomic mass is 32.2. The Morgan fingerprint density at radius 1 is 0.909 bits per heavy atom. The quantitative estimate of drug-likeness (QED) is 0.804. The van der Waals surface area contributed by atoms with Gasteiger partial charge in [0, 0.05) is 17.4 Å². The van der Waals surface area contributed by atoms with Crippen LogP contribution in [0, 0.1) is 0 Å². The summed E-state index contributed by atoms with van der Waals surface area (Å²) in [6.07, 6.45) is 1.23. The first-order valence-corrected chi connectivity index (χ1v) is 8.96. The number of hydrogen-bond donors (Lipinski definition) is 1. The number of rotatable bonds is 4. The molecule has 0 radical (unpaired) electrons. The van der Waals surface area contributed by atoms with E-state index in [1.165, 1.54) is 6.26 Å². The lowest BCUT2D eigenvalue weighted by molar-refractivity contribution is 0.600. The van der Waals surface area contributed by atoms with E-state index in [1.807, 2.05) is 60.7 Å². The Bertz CT molecular complexity index is 870. The summed E-state index contributed by atoms with van der Waals surface area (Å²) in [6, 6.07) is 19.5. The van der Waals surface area contributed by atoms with Crippen LogP contribution in [0.3, 0.4) is 0 Å². The fourth-order valence-corrected chi connectivity index (χ4v) is 3.20. The molecular weight excluding hydrogens is 296 g/mol. The Hall–Kier alpha value is -2.40. The second kappa shape index (κ2) is 5.77. The zero-order valence-electron chi connectivity index (χ0n) is 12.2. The van der Waals surface area contributed by atoms with Crippen LogP contribution in [-0.4, -0.2) is 24.9 Å². The molecule has 1 aromatic heterocycles. The van der Waals surface area contributed by atoms with Gasteiger partial charge in [-0.1, -0.05) is 60.7 Å². The van der Waals surface area contributed by atoms with Gasteiger partial charge in [-0.05, 0) is 5.56 Å². The molecule has 3 rings (SSSR count). The normalized spacial score (nSPS) is 11.5. The highest BCUT2D eigenvalue weighted by Crippen LogP contribution is 2.33. The molecule has 0 unspecified atom stereocenters. The summed E-state index contributed by atoms with van der Waals surface area (Å²) in [4.78, 5) is 0. The maximum absolute atomic E-state index is 11.7. The number of nitrogens with zero attached hydrogens (tertiary/aromatic N) is 1. The van der Waals surface area contributed by atoms with E-state index < -0.39 is 9.84 Å². The Morgan fingerprint density at radius 3 is 2.00 bits per heavy atom. The molecular formula is C17H16N2O2S. The van der Waals surface area contributed by atoms with Gasteiger partial charge in [-0.15, -0.1) is 0 Å². The third-order valence-electron chi connectivity index (χ3n) is 3.36. The van der Waals surface area contributed by atoms with Crippen LogP contribution >= 0.6 is 0 Å². The standard InChI is InChI=1S/C17H16N2O2S/c1-22(20,21)12-15-16(13-8-4-2-5-9-13)17(19-18-15)14-10-6-3-7-11-14/h2-11H,12H2,1H3,(H,18,19). The van der Waals surface area contributed by atoms with Crippen molar-refractivity contribution < 1.29 is 8.42 Å². The van der Waals surface area contributed by atoms with Crippen LogP contribution in [0.25, 0.3) is 22.4 Å². The number of nitrogens with one attached hydrogen (secondary N) is 1. The van der Waals surface area contributed by atoms with E-state index in [-0.39, 0.29) is 5.75 Å². The number of aromatic nitrogens is 2. The van der Waals surface area contributed by atoms with Gasteiger partial charge in [0.2, 0.25) is 0 Å². The predicted molar refractivity (Wildman–Crippen MR) is 88.0 cm³/mol. The summed E-state index contributed by atoms with van der Waals surface area (Å²) < 4.78 is 23.4. The van der Waals surface area contributed by atoms with Crippen LogP contribution in [0.1, 0.15) is 5.69 Å². The van der Waals surface area contributed by atoms with Gasteiger partial charge < -0.3 is 0 Å². The van der Waals surface area contributed by atoms with E-state index in [2.05, 4.69) is 10.2 Å². The van der Waals surface area contributed by atoms with Crippen LogP contribution in [0.2, 0.25) is 0 Å². The van der Waals surface area contributed by atoms with Gasteiger partial charge in [-0.25, -0.2) is 8.42 Å². The predicted octanol–water partition coefficient (Wildman–Crippen LogP) is 3.29. The molecule has 0 amide bonds. The van der Waals surface area contributed by atoms with Crippen molar-refractivity contribution in [2.75, 3.05) is 6.26 Å². The smallest absolute Gasteiger partial charge is 0.153 e. The summed E-state index contributed by atoms with van der Waals surface area (Å²) in [6.45, 7) is 0. The van der Waals surface area contributed by atoms with E-state index in [1.54, 1.807) is 0 Å². The van der Waals surface area contributed by atoms with E-state index in [9.17, 15) is 8.42 Å². The van der Waals surface area contributed by atoms with Crippen LogP contribution < -0.4 is 0 Å². The van der Waals surface area contributed by atoms with Gasteiger partial charge in [-0.2, -0.15) is 5.10 Å². The Morgan fingerprint density at radius 2 is 1.45 bits per heavy atom. The fraction of sp³-hybridized carbons (Fsp3) is 0.118.